The highest BCUT2D eigenvalue weighted by molar-refractivity contribution is 5.82. The van der Waals surface area contributed by atoms with Crippen molar-refractivity contribution >= 4 is 17.3 Å². The molecule has 2 atom stereocenters. The SMILES string of the molecule is COc1ccc2c(c1)N1CCN(c3ccc(C)cc3)C[C@H]1[C@H](C(=O)NCCN1CCCCC1)C2. The molecule has 3 aliphatic rings. The van der Waals surface area contributed by atoms with Crippen molar-refractivity contribution in [3.05, 3.63) is 53.6 Å². The highest BCUT2D eigenvalue weighted by Gasteiger charge is 2.41. The predicted molar refractivity (Wildman–Crippen MR) is 138 cm³/mol. The van der Waals surface area contributed by atoms with Crippen LogP contribution in [0.4, 0.5) is 11.4 Å². The van der Waals surface area contributed by atoms with Crippen LogP contribution < -0.4 is 19.9 Å². The van der Waals surface area contributed by atoms with Gasteiger partial charge in [0.1, 0.15) is 5.75 Å². The first-order valence-electron chi connectivity index (χ1n) is 12.9. The molecule has 3 aliphatic heterocycles. The summed E-state index contributed by atoms with van der Waals surface area (Å²) in [4.78, 5) is 20.9. The lowest BCUT2D eigenvalue weighted by molar-refractivity contribution is -0.125. The van der Waals surface area contributed by atoms with Crippen molar-refractivity contribution in [3.8, 4) is 5.75 Å². The Hall–Kier alpha value is -2.73. The lowest BCUT2D eigenvalue weighted by Crippen LogP contribution is -2.61. The largest absolute Gasteiger partial charge is 0.497 e. The summed E-state index contributed by atoms with van der Waals surface area (Å²) < 4.78 is 5.53. The number of hydrogen-bond acceptors (Lipinski definition) is 5. The topological polar surface area (TPSA) is 48.1 Å². The molecule has 1 N–H and O–H groups in total. The minimum Gasteiger partial charge on any atom is -0.497 e. The summed E-state index contributed by atoms with van der Waals surface area (Å²) in [6.07, 6.45) is 4.67. The van der Waals surface area contributed by atoms with Crippen LogP contribution in [-0.2, 0) is 11.2 Å². The lowest BCUT2D eigenvalue weighted by atomic mass is 9.83. The number of aryl methyl sites for hydroxylation is 1. The van der Waals surface area contributed by atoms with E-state index in [1.165, 1.54) is 41.8 Å². The maximum Gasteiger partial charge on any atom is 0.225 e. The van der Waals surface area contributed by atoms with Gasteiger partial charge in [-0.1, -0.05) is 30.2 Å². The average molecular weight is 463 g/mol. The molecule has 1 amide bonds. The molecule has 0 saturated carbocycles. The Morgan fingerprint density at radius 3 is 2.59 bits per heavy atom. The molecular formula is C28H38N4O2. The molecule has 2 saturated heterocycles. The number of piperazine rings is 1. The summed E-state index contributed by atoms with van der Waals surface area (Å²) >= 11 is 0. The fraction of sp³-hybridized carbons (Fsp3) is 0.536. The van der Waals surface area contributed by atoms with Crippen LogP contribution in [0.25, 0.3) is 0 Å². The fourth-order valence-corrected chi connectivity index (χ4v) is 5.85. The number of methoxy groups -OCH3 is 1. The molecular weight excluding hydrogens is 424 g/mol. The number of ether oxygens (including phenoxy) is 1. The van der Waals surface area contributed by atoms with Crippen LogP contribution in [0.5, 0.6) is 5.75 Å². The van der Waals surface area contributed by atoms with Crippen molar-refractivity contribution in [2.24, 2.45) is 5.92 Å². The number of carbonyl (C=O) groups excluding carboxylic acids is 1. The molecule has 6 nitrogen and oxygen atoms in total. The molecule has 182 valence electrons. The second-order valence-electron chi connectivity index (χ2n) is 10.0. The zero-order valence-corrected chi connectivity index (χ0v) is 20.6. The Morgan fingerprint density at radius 1 is 1.03 bits per heavy atom. The van der Waals surface area contributed by atoms with E-state index in [1.54, 1.807) is 7.11 Å². The first-order valence-corrected chi connectivity index (χ1v) is 12.9. The van der Waals surface area contributed by atoms with Gasteiger partial charge in [-0.25, -0.2) is 0 Å². The third kappa shape index (κ3) is 4.88. The van der Waals surface area contributed by atoms with Crippen LogP contribution in [0.15, 0.2) is 42.5 Å². The third-order valence-electron chi connectivity index (χ3n) is 7.84. The lowest BCUT2D eigenvalue weighted by Gasteiger charge is -2.49. The maximum atomic E-state index is 13.5. The van der Waals surface area contributed by atoms with E-state index in [-0.39, 0.29) is 17.9 Å². The van der Waals surface area contributed by atoms with Crippen molar-refractivity contribution in [2.75, 3.05) is 62.7 Å². The van der Waals surface area contributed by atoms with Crippen molar-refractivity contribution in [1.82, 2.24) is 10.2 Å². The number of amides is 1. The monoisotopic (exact) mass is 462 g/mol. The molecule has 0 spiro atoms. The molecule has 6 heteroatoms. The van der Waals surface area contributed by atoms with Crippen molar-refractivity contribution in [1.29, 1.82) is 0 Å². The van der Waals surface area contributed by atoms with Crippen molar-refractivity contribution in [2.45, 2.75) is 38.6 Å². The number of likely N-dealkylation sites (tertiary alicyclic amines) is 1. The van der Waals surface area contributed by atoms with Crippen LogP contribution in [0.1, 0.15) is 30.4 Å². The third-order valence-corrected chi connectivity index (χ3v) is 7.84. The Balaban J connectivity index is 1.34. The average Bonchev–Trinajstić information content (AvgIpc) is 2.88. The van der Waals surface area contributed by atoms with E-state index in [0.29, 0.717) is 0 Å². The summed E-state index contributed by atoms with van der Waals surface area (Å²) in [5, 5.41) is 3.30. The van der Waals surface area contributed by atoms with E-state index in [4.69, 9.17) is 4.74 Å². The molecule has 2 aromatic carbocycles. The van der Waals surface area contributed by atoms with E-state index in [0.717, 1.165) is 58.0 Å². The molecule has 0 aliphatic carbocycles. The van der Waals surface area contributed by atoms with Crippen LogP contribution in [0, 0.1) is 12.8 Å². The summed E-state index contributed by atoms with van der Waals surface area (Å²) in [6.45, 7) is 8.83. The Kier molecular flexibility index (Phi) is 6.95. The number of piperidine rings is 1. The molecule has 2 fully saturated rings. The number of nitrogens with one attached hydrogen (secondary N) is 1. The number of fused-ring (bicyclic) bond motifs is 3. The van der Waals surface area contributed by atoms with Crippen LogP contribution in [0.3, 0.4) is 0 Å². The Labute approximate surface area is 203 Å². The number of carbonyl (C=O) groups is 1. The van der Waals surface area contributed by atoms with Crippen LogP contribution >= 0.6 is 0 Å². The normalized spacial score (nSPS) is 22.6. The molecule has 0 unspecified atom stereocenters. The van der Waals surface area contributed by atoms with E-state index in [1.807, 2.05) is 6.07 Å². The van der Waals surface area contributed by atoms with Gasteiger partial charge < -0.3 is 24.8 Å². The van der Waals surface area contributed by atoms with Gasteiger partial charge in [0, 0.05) is 50.2 Å². The molecule has 3 heterocycles. The zero-order chi connectivity index (χ0) is 23.5. The van der Waals surface area contributed by atoms with Gasteiger partial charge >= 0.3 is 0 Å². The Morgan fingerprint density at radius 2 is 1.82 bits per heavy atom. The van der Waals surface area contributed by atoms with Gasteiger partial charge in [-0.3, -0.25) is 4.79 Å². The van der Waals surface area contributed by atoms with E-state index < -0.39 is 0 Å². The molecule has 0 aromatic heterocycles. The standard InChI is InChI=1S/C28H38N4O2/c1-21-6-9-23(10-7-21)31-16-17-32-26-19-24(34-2)11-8-22(26)18-25(27(32)20-31)28(33)29-12-15-30-13-4-3-5-14-30/h6-11,19,25,27H,3-5,12-18,20H2,1-2H3,(H,29,33)/t25-,27+/m1/s1. The van der Waals surface area contributed by atoms with E-state index >= 15 is 0 Å². The van der Waals surface area contributed by atoms with Gasteiger partial charge in [-0.05, 0) is 63.0 Å². The summed E-state index contributed by atoms with van der Waals surface area (Å²) in [7, 11) is 1.72. The van der Waals surface area contributed by atoms with E-state index in [2.05, 4.69) is 63.3 Å². The quantitative estimate of drug-likeness (QED) is 0.712. The molecule has 5 rings (SSSR count). The number of rotatable bonds is 6. The summed E-state index contributed by atoms with van der Waals surface area (Å²) in [5.41, 5.74) is 4.99. The molecule has 0 bridgehead atoms. The van der Waals surface area contributed by atoms with Gasteiger partial charge in [0.05, 0.1) is 19.1 Å². The van der Waals surface area contributed by atoms with Gasteiger partial charge in [-0.2, -0.15) is 0 Å². The number of hydrogen-bond donors (Lipinski definition) is 1. The highest BCUT2D eigenvalue weighted by atomic mass is 16.5. The molecule has 0 radical (unpaired) electrons. The number of benzene rings is 2. The second-order valence-corrected chi connectivity index (χ2v) is 10.0. The second kappa shape index (κ2) is 10.3. The van der Waals surface area contributed by atoms with Crippen LogP contribution in [0.2, 0.25) is 0 Å². The molecule has 34 heavy (non-hydrogen) atoms. The van der Waals surface area contributed by atoms with Crippen molar-refractivity contribution in [3.63, 3.8) is 0 Å². The predicted octanol–water partition coefficient (Wildman–Crippen LogP) is 3.47. The van der Waals surface area contributed by atoms with Crippen molar-refractivity contribution < 1.29 is 9.53 Å². The fourth-order valence-electron chi connectivity index (χ4n) is 5.85. The first kappa shape index (κ1) is 23.0. The van der Waals surface area contributed by atoms with Gasteiger partial charge in [-0.15, -0.1) is 0 Å². The maximum absolute atomic E-state index is 13.5. The van der Waals surface area contributed by atoms with Gasteiger partial charge in [0.2, 0.25) is 5.91 Å². The minimum absolute atomic E-state index is 0.0597. The van der Waals surface area contributed by atoms with Gasteiger partial charge in [0.15, 0.2) is 0 Å². The molecule has 2 aromatic rings. The summed E-state index contributed by atoms with van der Waals surface area (Å²) in [6, 6.07) is 15.2. The number of nitrogens with zero attached hydrogens (tertiary/aromatic N) is 3. The zero-order valence-electron chi connectivity index (χ0n) is 20.6. The van der Waals surface area contributed by atoms with Crippen LogP contribution in [-0.4, -0.2) is 69.8 Å². The Bertz CT molecular complexity index is 986. The smallest absolute Gasteiger partial charge is 0.225 e. The minimum atomic E-state index is -0.0597. The van der Waals surface area contributed by atoms with E-state index in [9.17, 15) is 4.79 Å². The summed E-state index contributed by atoms with van der Waals surface area (Å²) in [5.74, 6) is 1.01. The van der Waals surface area contributed by atoms with Gasteiger partial charge in [0.25, 0.3) is 0 Å². The highest BCUT2D eigenvalue weighted by Crippen LogP contribution is 2.39. The first-order chi connectivity index (χ1) is 16.6. The number of anilines is 2.